The van der Waals surface area contributed by atoms with Crippen LogP contribution in [0.2, 0.25) is 0 Å². The van der Waals surface area contributed by atoms with Gasteiger partial charge >= 0.3 is 6.09 Å². The first-order valence-corrected chi connectivity index (χ1v) is 10.7. The Morgan fingerprint density at radius 1 is 1.21 bits per heavy atom. The number of hydrogen-bond acceptors (Lipinski definition) is 3. The fourth-order valence-electron chi connectivity index (χ4n) is 5.84. The summed E-state index contributed by atoms with van der Waals surface area (Å²) in [5.41, 5.74) is 0.848. The van der Waals surface area contributed by atoms with Crippen LogP contribution in [0.3, 0.4) is 0 Å². The van der Waals surface area contributed by atoms with Crippen molar-refractivity contribution in [1.82, 2.24) is 0 Å². The van der Waals surface area contributed by atoms with Crippen LogP contribution in [-0.4, -0.2) is 38.9 Å². The van der Waals surface area contributed by atoms with Gasteiger partial charge in [0.1, 0.15) is 11.9 Å². The number of rotatable bonds is 7. The van der Waals surface area contributed by atoms with Crippen molar-refractivity contribution < 1.29 is 19.2 Å². The van der Waals surface area contributed by atoms with Crippen LogP contribution < -0.4 is 15.0 Å². The smallest absolute Gasteiger partial charge is 0.412 e. The summed E-state index contributed by atoms with van der Waals surface area (Å²) in [7, 11) is 1.61. The van der Waals surface area contributed by atoms with E-state index in [2.05, 4.69) is 39.9 Å². The maximum Gasteiger partial charge on any atom is 0.412 e. The first-order valence-electron chi connectivity index (χ1n) is 10.7. The molecule has 1 aromatic carbocycles. The first-order chi connectivity index (χ1) is 13.3. The molecule has 2 aliphatic carbocycles. The van der Waals surface area contributed by atoms with Gasteiger partial charge < -0.3 is 14.4 Å². The Morgan fingerprint density at radius 3 is 2.54 bits per heavy atom. The average molecular weight is 390 g/mol. The van der Waals surface area contributed by atoms with E-state index in [1.54, 1.807) is 12.0 Å². The normalized spacial score (nSPS) is 30.5. The van der Waals surface area contributed by atoms with E-state index in [1.165, 1.54) is 6.42 Å². The molecule has 2 aliphatic rings. The first kappa shape index (κ1) is 21.0. The lowest BCUT2D eigenvalue weighted by Crippen LogP contribution is -3.12. The molecule has 2 bridgehead atoms. The number of anilines is 1. The Labute approximate surface area is 169 Å². The van der Waals surface area contributed by atoms with Gasteiger partial charge in [0.15, 0.2) is 0 Å². The molecule has 0 aliphatic heterocycles. The van der Waals surface area contributed by atoms with E-state index in [0.29, 0.717) is 23.3 Å². The molecule has 2 N–H and O–H groups in total. The molecule has 1 aromatic rings. The van der Waals surface area contributed by atoms with E-state index in [1.807, 2.05) is 24.3 Å². The standard InChI is InChI=1S/C23H36N2O3/c1-7-25(8-2)15-16-17-13-14-23(5,22(17,3)4)20(16)28-21(26)24-18-11-9-10-12-19(18)27-6/h9-12,16-17,20H,7-8,13-15H2,1-6H3,(H,24,26)/p+1/t16-,17+,20-,23-/m1/s1. The minimum atomic E-state index is -0.376. The summed E-state index contributed by atoms with van der Waals surface area (Å²) in [6.45, 7) is 14.8. The maximum absolute atomic E-state index is 12.8. The van der Waals surface area contributed by atoms with Crippen LogP contribution in [-0.2, 0) is 4.74 Å². The number of carbonyl (C=O) groups excluding carboxylic acids is 1. The van der Waals surface area contributed by atoms with Crippen molar-refractivity contribution in [2.45, 2.75) is 53.6 Å². The maximum atomic E-state index is 12.8. The van der Waals surface area contributed by atoms with Crippen molar-refractivity contribution in [1.29, 1.82) is 0 Å². The van der Waals surface area contributed by atoms with Crippen LogP contribution in [0.25, 0.3) is 0 Å². The van der Waals surface area contributed by atoms with Crippen molar-refractivity contribution in [3.05, 3.63) is 24.3 Å². The summed E-state index contributed by atoms with van der Waals surface area (Å²) in [6, 6.07) is 7.44. The van der Waals surface area contributed by atoms with Crippen molar-refractivity contribution in [2.75, 3.05) is 32.1 Å². The summed E-state index contributed by atoms with van der Waals surface area (Å²) in [5.74, 6) is 1.66. The molecule has 4 atom stereocenters. The van der Waals surface area contributed by atoms with E-state index in [0.717, 1.165) is 26.1 Å². The van der Waals surface area contributed by atoms with Gasteiger partial charge in [-0.3, -0.25) is 5.32 Å². The van der Waals surface area contributed by atoms with Crippen LogP contribution in [0.1, 0.15) is 47.5 Å². The van der Waals surface area contributed by atoms with E-state index in [-0.39, 0.29) is 23.0 Å². The minimum Gasteiger partial charge on any atom is -0.495 e. The average Bonchev–Trinajstić information content (AvgIpc) is 2.99. The number of benzene rings is 1. The number of nitrogens with one attached hydrogen (secondary N) is 2. The Hall–Kier alpha value is -1.75. The molecular formula is C23H37N2O3+. The number of amides is 1. The van der Waals surface area contributed by atoms with E-state index >= 15 is 0 Å². The molecule has 0 spiro atoms. The van der Waals surface area contributed by atoms with E-state index in [9.17, 15) is 4.79 Å². The highest BCUT2D eigenvalue weighted by Gasteiger charge is 2.68. The van der Waals surface area contributed by atoms with E-state index in [4.69, 9.17) is 9.47 Å². The van der Waals surface area contributed by atoms with Gasteiger partial charge in [-0.25, -0.2) is 4.79 Å². The molecule has 2 fully saturated rings. The second-order valence-corrected chi connectivity index (χ2v) is 9.26. The quantitative estimate of drug-likeness (QED) is 0.749. The zero-order valence-electron chi connectivity index (χ0n) is 18.3. The summed E-state index contributed by atoms with van der Waals surface area (Å²) >= 11 is 0. The van der Waals surface area contributed by atoms with Gasteiger partial charge in [-0.15, -0.1) is 0 Å². The van der Waals surface area contributed by atoms with Gasteiger partial charge in [0.2, 0.25) is 0 Å². The predicted molar refractivity (Wildman–Crippen MR) is 112 cm³/mol. The van der Waals surface area contributed by atoms with Gasteiger partial charge in [0.25, 0.3) is 0 Å². The summed E-state index contributed by atoms with van der Waals surface area (Å²) in [4.78, 5) is 14.4. The van der Waals surface area contributed by atoms with Gasteiger partial charge in [-0.2, -0.15) is 0 Å². The molecule has 3 rings (SSSR count). The largest absolute Gasteiger partial charge is 0.495 e. The SMILES string of the molecule is CC[NH+](CC)C[C@H]1[C@@H](OC(=O)Nc2ccccc2OC)[C@@]2(C)CC[C@@H]1C2(C)C. The molecule has 2 saturated carbocycles. The lowest BCUT2D eigenvalue weighted by Gasteiger charge is -2.39. The van der Waals surface area contributed by atoms with Crippen molar-refractivity contribution in [2.24, 2.45) is 22.7 Å². The number of hydrogen-bond donors (Lipinski definition) is 2. The Morgan fingerprint density at radius 2 is 1.89 bits per heavy atom. The topological polar surface area (TPSA) is 52.0 Å². The third kappa shape index (κ3) is 3.38. The number of methoxy groups -OCH3 is 1. The van der Waals surface area contributed by atoms with Crippen LogP contribution in [0.5, 0.6) is 5.75 Å². The van der Waals surface area contributed by atoms with Gasteiger partial charge in [0, 0.05) is 11.3 Å². The lowest BCUT2D eigenvalue weighted by atomic mass is 9.70. The Kier molecular flexibility index (Phi) is 5.95. The number of fused-ring (bicyclic) bond motifs is 2. The Balaban J connectivity index is 1.80. The minimum absolute atomic E-state index is 0.0209. The zero-order chi connectivity index (χ0) is 20.5. The third-order valence-electron chi connectivity index (χ3n) is 8.01. The highest BCUT2D eigenvalue weighted by molar-refractivity contribution is 5.86. The lowest BCUT2D eigenvalue weighted by molar-refractivity contribution is -0.900. The number of ether oxygens (including phenoxy) is 2. The van der Waals surface area contributed by atoms with E-state index < -0.39 is 0 Å². The van der Waals surface area contributed by atoms with Gasteiger partial charge in [0.05, 0.1) is 32.4 Å². The fraction of sp³-hybridized carbons (Fsp3) is 0.696. The molecule has 5 nitrogen and oxygen atoms in total. The van der Waals surface area contributed by atoms with Crippen LogP contribution >= 0.6 is 0 Å². The molecule has 156 valence electrons. The Bertz CT molecular complexity index is 701. The molecule has 0 aromatic heterocycles. The van der Waals surface area contributed by atoms with Crippen LogP contribution in [0.15, 0.2) is 24.3 Å². The van der Waals surface area contributed by atoms with Crippen molar-refractivity contribution in [3.8, 4) is 5.75 Å². The predicted octanol–water partition coefficient (Wildman–Crippen LogP) is 3.61. The van der Waals surface area contributed by atoms with Crippen molar-refractivity contribution in [3.63, 3.8) is 0 Å². The molecule has 0 saturated heterocycles. The molecular weight excluding hydrogens is 352 g/mol. The van der Waals surface area contributed by atoms with Gasteiger partial charge in [-0.1, -0.05) is 32.9 Å². The van der Waals surface area contributed by atoms with Crippen LogP contribution in [0, 0.1) is 22.7 Å². The number of quaternary nitrogens is 1. The summed E-state index contributed by atoms with van der Waals surface area (Å²) < 4.78 is 11.5. The molecule has 1 amide bonds. The molecule has 0 heterocycles. The highest BCUT2D eigenvalue weighted by Crippen LogP contribution is 2.68. The highest BCUT2D eigenvalue weighted by atomic mass is 16.6. The molecule has 0 unspecified atom stereocenters. The summed E-state index contributed by atoms with van der Waals surface area (Å²) in [5, 5.41) is 2.90. The van der Waals surface area contributed by atoms with Crippen molar-refractivity contribution >= 4 is 11.8 Å². The second-order valence-electron chi connectivity index (χ2n) is 9.26. The van der Waals surface area contributed by atoms with Gasteiger partial charge in [-0.05, 0) is 50.2 Å². The summed E-state index contributed by atoms with van der Waals surface area (Å²) in [6.07, 6.45) is 1.94. The second kappa shape index (κ2) is 7.94. The number of carbonyl (C=O) groups is 1. The monoisotopic (exact) mass is 389 g/mol. The third-order valence-corrected chi connectivity index (χ3v) is 8.01. The fourth-order valence-corrected chi connectivity index (χ4v) is 5.84. The molecule has 5 heteroatoms. The number of para-hydroxylation sites is 2. The zero-order valence-corrected chi connectivity index (χ0v) is 18.3. The molecule has 0 radical (unpaired) electrons. The molecule has 28 heavy (non-hydrogen) atoms. The van der Waals surface area contributed by atoms with Crippen LogP contribution in [0.4, 0.5) is 10.5 Å².